The fourth-order valence-corrected chi connectivity index (χ4v) is 9.60. The van der Waals surface area contributed by atoms with Gasteiger partial charge in [0, 0.05) is 48.0 Å². The molecule has 3 aromatic rings. The van der Waals surface area contributed by atoms with Crippen molar-refractivity contribution in [2.75, 3.05) is 6.54 Å². The predicted molar refractivity (Wildman–Crippen MR) is 223 cm³/mol. The van der Waals surface area contributed by atoms with E-state index in [0.717, 1.165) is 17.5 Å². The largest absolute Gasteiger partial charge is 0.491 e. The normalized spacial score (nSPS) is 28.2. The van der Waals surface area contributed by atoms with Gasteiger partial charge in [0.25, 0.3) is 5.91 Å². The molecule has 16 heteroatoms. The summed E-state index contributed by atoms with van der Waals surface area (Å²) in [7, 11) is -4.02. The minimum atomic E-state index is -4.02. The van der Waals surface area contributed by atoms with Gasteiger partial charge in [0.05, 0.1) is 28.8 Å². The van der Waals surface area contributed by atoms with Gasteiger partial charge in [-0.2, -0.15) is 0 Å². The fourth-order valence-electron chi connectivity index (χ4n) is 8.29. The highest BCUT2D eigenvalue weighted by Gasteiger charge is 2.63. The molecular formula is C44H54N6O9S. The van der Waals surface area contributed by atoms with Gasteiger partial charge in [0.1, 0.15) is 35.2 Å². The van der Waals surface area contributed by atoms with Crippen molar-refractivity contribution in [3.05, 3.63) is 73.1 Å². The highest BCUT2D eigenvalue weighted by Crippen LogP contribution is 2.47. The first-order valence-corrected chi connectivity index (χ1v) is 22.2. The summed E-state index contributed by atoms with van der Waals surface area (Å²) < 4.78 is 40.1. The second-order valence-corrected chi connectivity index (χ2v) is 19.6. The van der Waals surface area contributed by atoms with Crippen molar-refractivity contribution in [3.8, 4) is 34.0 Å². The van der Waals surface area contributed by atoms with Crippen LogP contribution >= 0.6 is 0 Å². The number of nitrogens with one attached hydrogen (secondary N) is 3. The molecule has 1 aromatic carbocycles. The molecule has 2 aliphatic heterocycles. The third kappa shape index (κ3) is 9.28. The van der Waals surface area contributed by atoms with Gasteiger partial charge in [0.15, 0.2) is 0 Å². The van der Waals surface area contributed by atoms with Gasteiger partial charge < -0.3 is 30.1 Å². The monoisotopic (exact) mass is 842 g/mol. The molecule has 4 heterocycles. The highest BCUT2D eigenvalue weighted by atomic mass is 32.2. The lowest BCUT2D eigenvalue weighted by molar-refractivity contribution is -0.142. The second-order valence-electron chi connectivity index (χ2n) is 17.4. The average Bonchev–Trinajstić information content (AvgIpc) is 4.08. The van der Waals surface area contributed by atoms with Crippen molar-refractivity contribution in [2.24, 2.45) is 17.8 Å². The lowest BCUT2D eigenvalue weighted by atomic mass is 9.88. The van der Waals surface area contributed by atoms with Gasteiger partial charge >= 0.3 is 6.09 Å². The van der Waals surface area contributed by atoms with E-state index >= 15 is 0 Å². The molecule has 4 aliphatic rings. The van der Waals surface area contributed by atoms with E-state index in [2.05, 4.69) is 20.3 Å². The summed E-state index contributed by atoms with van der Waals surface area (Å²) in [6, 6.07) is 12.4. The van der Waals surface area contributed by atoms with Crippen LogP contribution in [-0.2, 0) is 24.4 Å². The highest BCUT2D eigenvalue weighted by molar-refractivity contribution is 7.91. The topological polar surface area (TPSA) is 206 Å². The number of fused-ring (bicyclic) bond motifs is 2. The summed E-state index contributed by atoms with van der Waals surface area (Å²) in [6.07, 6.45) is 7.90. The molecule has 15 nitrogen and oxygen atoms in total. The van der Waals surface area contributed by atoms with E-state index in [0.29, 0.717) is 48.6 Å². The van der Waals surface area contributed by atoms with Crippen molar-refractivity contribution in [1.29, 1.82) is 0 Å². The summed E-state index contributed by atoms with van der Waals surface area (Å²) in [5.74, 6) is -1.76. The Balaban J connectivity index is 1.23. The van der Waals surface area contributed by atoms with Crippen molar-refractivity contribution < 1.29 is 42.2 Å². The third-order valence-corrected chi connectivity index (χ3v) is 14.3. The van der Waals surface area contributed by atoms with E-state index in [-0.39, 0.29) is 31.4 Å². The van der Waals surface area contributed by atoms with Crippen LogP contribution in [-0.4, -0.2) is 93.3 Å². The molecule has 4 amide bonds. The van der Waals surface area contributed by atoms with Gasteiger partial charge in [-0.15, -0.1) is 0 Å². The summed E-state index contributed by atoms with van der Waals surface area (Å²) in [5, 5.41) is 15.2. The average molecular weight is 843 g/mol. The van der Waals surface area contributed by atoms with E-state index in [4.69, 9.17) is 14.5 Å². The number of allylic oxidation sites excluding steroid dienone is 1. The number of pyridine rings is 2. The first-order valence-electron chi connectivity index (χ1n) is 20.7. The zero-order valence-electron chi connectivity index (χ0n) is 34.6. The first-order chi connectivity index (χ1) is 28.5. The number of amides is 4. The molecule has 0 bridgehead atoms. The van der Waals surface area contributed by atoms with Crippen LogP contribution in [0.15, 0.2) is 73.1 Å². The molecule has 2 saturated carbocycles. The number of sulfonamides is 1. The Morgan fingerprint density at radius 2 is 1.65 bits per heavy atom. The van der Waals surface area contributed by atoms with Crippen LogP contribution in [0.2, 0.25) is 0 Å². The maximum atomic E-state index is 14.6. The SMILES string of the molecule is CC(C)Oc1ccc(-c2cc(O[C@@H]3C[C@H]4C(=O)N[C@]5(C(=O)NS(=O)(=O)C6(C)CC6)C[C@H]5/C=C\CC[C@H](C)C[C@@H](C)[C@H](NC(=O)O)C(=O)N4C3)cc(-c3ccncc3)n2)cc1. The van der Waals surface area contributed by atoms with Crippen LogP contribution in [0.5, 0.6) is 11.5 Å². The molecule has 0 unspecified atom stereocenters. The smallest absolute Gasteiger partial charge is 0.405 e. The summed E-state index contributed by atoms with van der Waals surface area (Å²) in [4.78, 5) is 65.7. The summed E-state index contributed by atoms with van der Waals surface area (Å²) in [6.45, 7) is 9.26. The van der Waals surface area contributed by atoms with Crippen LogP contribution in [0, 0.1) is 17.8 Å². The van der Waals surface area contributed by atoms with Crippen LogP contribution in [0.25, 0.3) is 22.5 Å². The Morgan fingerprint density at radius 3 is 2.28 bits per heavy atom. The molecule has 320 valence electrons. The van der Waals surface area contributed by atoms with Gasteiger partial charge in [-0.3, -0.25) is 24.1 Å². The van der Waals surface area contributed by atoms with Crippen LogP contribution in [0.4, 0.5) is 4.79 Å². The molecular weight excluding hydrogens is 789 g/mol. The van der Waals surface area contributed by atoms with Crippen molar-refractivity contribution >= 4 is 33.8 Å². The van der Waals surface area contributed by atoms with Crippen LogP contribution in [0.1, 0.15) is 79.6 Å². The molecule has 60 heavy (non-hydrogen) atoms. The standard InChI is InChI=1S/C44H54N6O9S/c1-26(2)58-32-12-10-29(11-13-32)35-21-33(22-36(46-35)30-14-18-45-19-15-30)59-34-23-37-39(51)48-44(41(53)49-60(56,57)43(5)16-17-43)24-31(44)9-7-6-8-27(3)20-28(4)38(47-42(54)55)40(52)50(37)25-34/h7,9-15,18-19,21-22,26-28,31,34,37-38,47H,6,8,16-17,20,23-25H2,1-5H3,(H,48,51)(H,49,53)(H,54,55)/b9-7-/t27-,28+,31+,34+,37-,38-,44+/m0/s1. The summed E-state index contributed by atoms with van der Waals surface area (Å²) >= 11 is 0. The quantitative estimate of drug-likeness (QED) is 0.188. The summed E-state index contributed by atoms with van der Waals surface area (Å²) in [5.41, 5.74) is 1.21. The molecule has 1 saturated heterocycles. The molecule has 4 N–H and O–H groups in total. The third-order valence-electron chi connectivity index (χ3n) is 12.1. The van der Waals surface area contributed by atoms with E-state index in [1.54, 1.807) is 31.5 Å². The number of benzene rings is 1. The van der Waals surface area contributed by atoms with Gasteiger partial charge in [-0.25, -0.2) is 18.2 Å². The Morgan fingerprint density at radius 1 is 0.983 bits per heavy atom. The van der Waals surface area contributed by atoms with Crippen LogP contribution < -0.4 is 24.8 Å². The fraction of sp³-hybridized carbons (Fsp3) is 0.500. The van der Waals surface area contributed by atoms with Crippen molar-refractivity contribution in [2.45, 2.75) is 114 Å². The first kappa shape index (κ1) is 42.6. The van der Waals surface area contributed by atoms with Gasteiger partial charge in [0.2, 0.25) is 21.8 Å². The molecule has 0 radical (unpaired) electrons. The van der Waals surface area contributed by atoms with E-state index in [9.17, 15) is 32.7 Å². The van der Waals surface area contributed by atoms with E-state index in [1.807, 2.05) is 76.2 Å². The number of ether oxygens (including phenoxy) is 2. The lowest BCUT2D eigenvalue weighted by Gasteiger charge is -2.32. The Bertz CT molecular complexity index is 2250. The maximum absolute atomic E-state index is 14.6. The Labute approximate surface area is 350 Å². The zero-order valence-corrected chi connectivity index (χ0v) is 35.4. The zero-order chi connectivity index (χ0) is 43.0. The van der Waals surface area contributed by atoms with Crippen molar-refractivity contribution in [1.82, 2.24) is 30.2 Å². The van der Waals surface area contributed by atoms with Crippen LogP contribution in [0.3, 0.4) is 0 Å². The van der Waals surface area contributed by atoms with Gasteiger partial charge in [-0.1, -0.05) is 26.0 Å². The number of carboxylic acid groups (broad SMARTS) is 1. The number of carbonyl (C=O) groups excluding carboxylic acids is 3. The molecule has 3 fully saturated rings. The maximum Gasteiger partial charge on any atom is 0.405 e. The Kier molecular flexibility index (Phi) is 12.0. The second kappa shape index (κ2) is 16.9. The predicted octanol–water partition coefficient (Wildman–Crippen LogP) is 5.47. The van der Waals surface area contributed by atoms with E-state index < -0.39 is 74.1 Å². The number of hydrogen-bond acceptors (Lipinski definition) is 10. The minimum absolute atomic E-state index is 0.000206. The molecule has 2 aromatic heterocycles. The van der Waals surface area contributed by atoms with E-state index in [1.165, 1.54) is 4.90 Å². The van der Waals surface area contributed by atoms with Crippen molar-refractivity contribution in [3.63, 3.8) is 0 Å². The van der Waals surface area contributed by atoms with Gasteiger partial charge in [-0.05, 0) is 108 Å². The lowest BCUT2D eigenvalue weighted by Crippen LogP contribution is -2.59. The Hall–Kier alpha value is -5.51. The minimum Gasteiger partial charge on any atom is -0.491 e. The number of hydrogen-bond donors (Lipinski definition) is 4. The molecule has 2 aliphatic carbocycles. The number of nitrogens with zero attached hydrogens (tertiary/aromatic N) is 3. The number of carbonyl (C=O) groups is 4. The molecule has 7 rings (SSSR count). The number of aromatic nitrogens is 2. The molecule has 7 atom stereocenters. The molecule has 0 spiro atoms. The number of rotatable bonds is 10.